The fraction of sp³-hybridized carbons (Fsp3) is 0.625. The first-order valence-corrected chi connectivity index (χ1v) is 8.95. The van der Waals surface area contributed by atoms with Crippen molar-refractivity contribution in [1.82, 2.24) is 9.97 Å². The Labute approximate surface area is 134 Å². The summed E-state index contributed by atoms with van der Waals surface area (Å²) in [6.45, 7) is 5.45. The molecule has 2 saturated heterocycles. The lowest BCUT2D eigenvalue weighted by Crippen LogP contribution is -2.48. The van der Waals surface area contributed by atoms with Crippen LogP contribution in [0.3, 0.4) is 0 Å². The van der Waals surface area contributed by atoms with Gasteiger partial charge in [-0.2, -0.15) is 0 Å². The minimum Gasteiger partial charge on any atom is -0.375 e. The first-order chi connectivity index (χ1) is 10.8. The van der Waals surface area contributed by atoms with Crippen LogP contribution in [0.4, 0.5) is 5.82 Å². The average molecular weight is 319 g/mol. The Morgan fingerprint density at radius 3 is 3.00 bits per heavy atom. The van der Waals surface area contributed by atoms with Crippen LogP contribution in [0.25, 0.3) is 10.2 Å². The topological polar surface area (TPSA) is 47.5 Å². The van der Waals surface area contributed by atoms with E-state index in [-0.39, 0.29) is 12.2 Å². The molecule has 4 heterocycles. The maximum absolute atomic E-state index is 5.96. The number of hydrogen-bond acceptors (Lipinski definition) is 6. The molecule has 0 N–H and O–H groups in total. The standard InChI is InChI=1S/C16H21N3O2S/c1-2-14-17-15(11-5-9-22-16(11)18-14)19-6-8-21-13(10-19)12-4-3-7-20-12/h5,9,12-13H,2-4,6-8,10H2,1H3. The molecule has 22 heavy (non-hydrogen) atoms. The highest BCUT2D eigenvalue weighted by Crippen LogP contribution is 2.30. The van der Waals surface area contributed by atoms with E-state index < -0.39 is 0 Å². The van der Waals surface area contributed by atoms with E-state index in [0.717, 1.165) is 67.4 Å². The molecule has 2 fully saturated rings. The van der Waals surface area contributed by atoms with Gasteiger partial charge in [0.25, 0.3) is 0 Å². The second-order valence-corrected chi connectivity index (χ2v) is 6.76. The van der Waals surface area contributed by atoms with Crippen molar-refractivity contribution in [1.29, 1.82) is 0 Å². The number of thiophene rings is 1. The fourth-order valence-corrected chi connectivity index (χ4v) is 4.05. The first-order valence-electron chi connectivity index (χ1n) is 8.07. The SMILES string of the molecule is CCc1nc(N2CCOC(C3CCCO3)C2)c2ccsc2n1. The molecule has 6 heteroatoms. The Balaban J connectivity index is 1.64. The van der Waals surface area contributed by atoms with Crippen molar-refractivity contribution in [2.24, 2.45) is 0 Å². The number of hydrogen-bond donors (Lipinski definition) is 0. The van der Waals surface area contributed by atoms with Crippen molar-refractivity contribution in [2.75, 3.05) is 31.2 Å². The van der Waals surface area contributed by atoms with E-state index in [1.807, 2.05) is 0 Å². The fourth-order valence-electron chi connectivity index (χ4n) is 3.27. The van der Waals surface area contributed by atoms with E-state index in [1.54, 1.807) is 11.3 Å². The van der Waals surface area contributed by atoms with Gasteiger partial charge in [0, 0.05) is 26.1 Å². The third-order valence-electron chi connectivity index (χ3n) is 4.44. The quantitative estimate of drug-likeness (QED) is 0.870. The Bertz CT molecular complexity index is 654. The minimum atomic E-state index is 0.157. The zero-order valence-corrected chi connectivity index (χ0v) is 13.6. The third-order valence-corrected chi connectivity index (χ3v) is 5.25. The predicted molar refractivity (Wildman–Crippen MR) is 87.7 cm³/mol. The number of aromatic nitrogens is 2. The summed E-state index contributed by atoms with van der Waals surface area (Å²) in [6.07, 6.45) is 3.52. The molecule has 2 unspecified atom stereocenters. The van der Waals surface area contributed by atoms with E-state index >= 15 is 0 Å². The van der Waals surface area contributed by atoms with Crippen LogP contribution in [0.2, 0.25) is 0 Å². The molecule has 0 aliphatic carbocycles. The van der Waals surface area contributed by atoms with Crippen LogP contribution >= 0.6 is 11.3 Å². The van der Waals surface area contributed by atoms with Crippen LogP contribution in [0.15, 0.2) is 11.4 Å². The van der Waals surface area contributed by atoms with E-state index in [0.29, 0.717) is 0 Å². The molecular weight excluding hydrogens is 298 g/mol. The van der Waals surface area contributed by atoms with Gasteiger partial charge in [-0.3, -0.25) is 0 Å². The second-order valence-electron chi connectivity index (χ2n) is 5.86. The Hall–Kier alpha value is -1.24. The van der Waals surface area contributed by atoms with Crippen LogP contribution in [0.1, 0.15) is 25.6 Å². The van der Waals surface area contributed by atoms with Gasteiger partial charge in [0.2, 0.25) is 0 Å². The van der Waals surface area contributed by atoms with Gasteiger partial charge < -0.3 is 14.4 Å². The molecule has 2 aromatic heterocycles. The Morgan fingerprint density at radius 2 is 2.18 bits per heavy atom. The molecular formula is C16H21N3O2S. The van der Waals surface area contributed by atoms with Gasteiger partial charge in [-0.15, -0.1) is 11.3 Å². The monoisotopic (exact) mass is 319 g/mol. The molecule has 0 spiro atoms. The number of aryl methyl sites for hydroxylation is 1. The van der Waals surface area contributed by atoms with Gasteiger partial charge in [-0.05, 0) is 24.3 Å². The zero-order valence-electron chi connectivity index (χ0n) is 12.8. The van der Waals surface area contributed by atoms with Gasteiger partial charge in [0.15, 0.2) is 0 Å². The number of anilines is 1. The molecule has 118 valence electrons. The highest BCUT2D eigenvalue weighted by molar-refractivity contribution is 7.16. The molecule has 0 saturated carbocycles. The van der Waals surface area contributed by atoms with Crippen molar-refractivity contribution in [3.8, 4) is 0 Å². The Kier molecular flexibility index (Phi) is 3.98. The molecule has 2 aromatic rings. The number of rotatable bonds is 3. The smallest absolute Gasteiger partial charge is 0.141 e. The summed E-state index contributed by atoms with van der Waals surface area (Å²) in [5.74, 6) is 1.99. The lowest BCUT2D eigenvalue weighted by atomic mass is 10.1. The highest BCUT2D eigenvalue weighted by atomic mass is 32.1. The molecule has 5 nitrogen and oxygen atoms in total. The minimum absolute atomic E-state index is 0.157. The van der Waals surface area contributed by atoms with E-state index in [1.165, 1.54) is 0 Å². The highest BCUT2D eigenvalue weighted by Gasteiger charge is 2.32. The molecule has 4 rings (SSSR count). The number of fused-ring (bicyclic) bond motifs is 1. The Morgan fingerprint density at radius 1 is 1.27 bits per heavy atom. The van der Waals surface area contributed by atoms with Crippen molar-refractivity contribution >= 4 is 27.4 Å². The predicted octanol–water partition coefficient (Wildman–Crippen LogP) is 2.64. The van der Waals surface area contributed by atoms with Gasteiger partial charge >= 0.3 is 0 Å². The van der Waals surface area contributed by atoms with Crippen LogP contribution in [-0.4, -0.2) is 48.5 Å². The second kappa shape index (κ2) is 6.10. The van der Waals surface area contributed by atoms with Gasteiger partial charge in [-0.1, -0.05) is 6.92 Å². The van der Waals surface area contributed by atoms with E-state index in [4.69, 9.17) is 14.5 Å². The van der Waals surface area contributed by atoms with Crippen molar-refractivity contribution in [2.45, 2.75) is 38.4 Å². The lowest BCUT2D eigenvalue weighted by Gasteiger charge is -2.36. The maximum atomic E-state index is 5.96. The summed E-state index contributed by atoms with van der Waals surface area (Å²) >= 11 is 1.69. The molecule has 2 atom stereocenters. The van der Waals surface area contributed by atoms with Crippen LogP contribution in [-0.2, 0) is 15.9 Å². The summed E-state index contributed by atoms with van der Waals surface area (Å²) in [4.78, 5) is 12.9. The molecule has 2 aliphatic rings. The summed E-state index contributed by atoms with van der Waals surface area (Å²) in [5.41, 5.74) is 0. The van der Waals surface area contributed by atoms with Gasteiger partial charge in [0.05, 0.1) is 18.1 Å². The van der Waals surface area contributed by atoms with Crippen molar-refractivity contribution < 1.29 is 9.47 Å². The molecule has 0 amide bonds. The lowest BCUT2D eigenvalue weighted by molar-refractivity contribution is -0.0543. The molecule has 2 aliphatic heterocycles. The van der Waals surface area contributed by atoms with E-state index in [2.05, 4.69) is 28.3 Å². The number of ether oxygens (including phenoxy) is 2. The van der Waals surface area contributed by atoms with Crippen LogP contribution < -0.4 is 4.90 Å². The molecule has 0 radical (unpaired) electrons. The van der Waals surface area contributed by atoms with Gasteiger partial charge in [0.1, 0.15) is 22.6 Å². The number of nitrogens with zero attached hydrogens (tertiary/aromatic N) is 3. The summed E-state index contributed by atoms with van der Waals surface area (Å²) in [5, 5.41) is 3.26. The zero-order chi connectivity index (χ0) is 14.9. The normalized spacial score (nSPS) is 26.0. The average Bonchev–Trinajstić information content (AvgIpc) is 3.25. The van der Waals surface area contributed by atoms with Crippen LogP contribution in [0, 0.1) is 0 Å². The van der Waals surface area contributed by atoms with Crippen molar-refractivity contribution in [3.05, 3.63) is 17.3 Å². The molecule has 0 aromatic carbocycles. The summed E-state index contributed by atoms with van der Waals surface area (Å²) in [6, 6.07) is 2.13. The summed E-state index contributed by atoms with van der Waals surface area (Å²) in [7, 11) is 0. The van der Waals surface area contributed by atoms with E-state index in [9.17, 15) is 0 Å². The third kappa shape index (κ3) is 2.59. The first kappa shape index (κ1) is 14.4. The maximum Gasteiger partial charge on any atom is 0.141 e. The van der Waals surface area contributed by atoms with Gasteiger partial charge in [-0.25, -0.2) is 9.97 Å². The largest absolute Gasteiger partial charge is 0.375 e. The van der Waals surface area contributed by atoms with Crippen molar-refractivity contribution in [3.63, 3.8) is 0 Å². The molecule has 0 bridgehead atoms. The number of morpholine rings is 1. The summed E-state index contributed by atoms with van der Waals surface area (Å²) < 4.78 is 11.8. The van der Waals surface area contributed by atoms with Crippen LogP contribution in [0.5, 0.6) is 0 Å².